The first-order chi connectivity index (χ1) is 10.2. The van der Waals surface area contributed by atoms with Crippen LogP contribution >= 0.6 is 0 Å². The molecule has 1 atom stereocenters. The highest BCUT2D eigenvalue weighted by Gasteiger charge is 2.06. The summed E-state index contributed by atoms with van der Waals surface area (Å²) in [5.41, 5.74) is 6.92. The first-order valence-corrected chi connectivity index (χ1v) is 8.15. The monoisotopic (exact) mass is 281 g/mol. The summed E-state index contributed by atoms with van der Waals surface area (Å²) >= 11 is 0. The summed E-state index contributed by atoms with van der Waals surface area (Å²) in [4.78, 5) is 0. The minimum atomic E-state index is 0.415. The molecule has 2 aromatic carbocycles. The molecule has 2 rings (SSSR count). The smallest absolute Gasteiger partial charge is 0.0291 e. The van der Waals surface area contributed by atoms with Crippen molar-refractivity contribution in [3.8, 4) is 11.1 Å². The molecule has 0 amide bonds. The summed E-state index contributed by atoms with van der Waals surface area (Å²) in [6.45, 7) is 9.82. The van der Waals surface area contributed by atoms with Crippen LogP contribution < -0.4 is 5.32 Å². The van der Waals surface area contributed by atoms with Gasteiger partial charge in [-0.3, -0.25) is 0 Å². The van der Waals surface area contributed by atoms with Crippen molar-refractivity contribution in [3.05, 3.63) is 59.2 Å². The first-order valence-electron chi connectivity index (χ1n) is 8.15. The average Bonchev–Trinajstić information content (AvgIpc) is 2.54. The van der Waals surface area contributed by atoms with Crippen molar-refractivity contribution in [2.24, 2.45) is 0 Å². The molecule has 0 fully saturated rings. The number of nitrogens with one attached hydrogen (secondary N) is 1. The lowest BCUT2D eigenvalue weighted by molar-refractivity contribution is 0.598. The van der Waals surface area contributed by atoms with Crippen LogP contribution in [-0.4, -0.2) is 6.54 Å². The molecule has 0 aliphatic rings. The Morgan fingerprint density at radius 1 is 0.810 bits per heavy atom. The SMILES string of the molecule is CCNC(C)c1ccc(-c2ccc(CC)c(CC)c2)cc1. The van der Waals surface area contributed by atoms with Gasteiger partial charge in [-0.2, -0.15) is 0 Å². The van der Waals surface area contributed by atoms with Crippen molar-refractivity contribution >= 4 is 0 Å². The molecule has 1 unspecified atom stereocenters. The Hall–Kier alpha value is -1.60. The molecule has 0 heterocycles. The van der Waals surface area contributed by atoms with E-state index in [9.17, 15) is 0 Å². The zero-order valence-electron chi connectivity index (χ0n) is 13.7. The molecule has 0 aliphatic carbocycles. The van der Waals surface area contributed by atoms with Crippen molar-refractivity contribution in [3.63, 3.8) is 0 Å². The summed E-state index contributed by atoms with van der Waals surface area (Å²) in [6, 6.07) is 16.3. The van der Waals surface area contributed by atoms with Crippen molar-refractivity contribution in [2.75, 3.05) is 6.54 Å². The van der Waals surface area contributed by atoms with Gasteiger partial charge in [0.2, 0.25) is 0 Å². The largest absolute Gasteiger partial charge is 0.310 e. The molecule has 0 saturated heterocycles. The van der Waals surface area contributed by atoms with E-state index in [4.69, 9.17) is 0 Å². The van der Waals surface area contributed by atoms with E-state index in [0.717, 1.165) is 19.4 Å². The van der Waals surface area contributed by atoms with E-state index in [1.165, 1.54) is 27.8 Å². The molecule has 0 spiro atoms. The predicted molar refractivity (Wildman–Crippen MR) is 92.7 cm³/mol. The zero-order chi connectivity index (χ0) is 15.2. The van der Waals surface area contributed by atoms with Crippen molar-refractivity contribution in [2.45, 2.75) is 46.6 Å². The minimum absolute atomic E-state index is 0.415. The van der Waals surface area contributed by atoms with Gasteiger partial charge < -0.3 is 5.32 Å². The van der Waals surface area contributed by atoms with E-state index in [2.05, 4.69) is 75.5 Å². The minimum Gasteiger partial charge on any atom is -0.310 e. The fourth-order valence-corrected chi connectivity index (χ4v) is 2.87. The van der Waals surface area contributed by atoms with Crippen molar-refractivity contribution in [1.82, 2.24) is 5.32 Å². The number of aryl methyl sites for hydroxylation is 2. The Bertz CT molecular complexity index is 569. The summed E-state index contributed by atoms with van der Waals surface area (Å²) in [5.74, 6) is 0. The highest BCUT2D eigenvalue weighted by Crippen LogP contribution is 2.25. The third-order valence-electron chi connectivity index (χ3n) is 4.22. The molecule has 2 aromatic rings. The molecule has 0 bridgehead atoms. The number of benzene rings is 2. The lowest BCUT2D eigenvalue weighted by Crippen LogP contribution is -2.17. The normalized spacial score (nSPS) is 12.4. The van der Waals surface area contributed by atoms with E-state index in [1.807, 2.05) is 0 Å². The highest BCUT2D eigenvalue weighted by atomic mass is 14.9. The molecule has 0 aliphatic heterocycles. The van der Waals surface area contributed by atoms with E-state index >= 15 is 0 Å². The first kappa shape index (κ1) is 15.8. The molecule has 1 N–H and O–H groups in total. The molecule has 0 saturated carbocycles. The third-order valence-corrected chi connectivity index (χ3v) is 4.22. The average molecular weight is 281 g/mol. The van der Waals surface area contributed by atoms with Crippen LogP contribution in [-0.2, 0) is 12.8 Å². The molecule has 1 heteroatoms. The molecule has 1 nitrogen and oxygen atoms in total. The topological polar surface area (TPSA) is 12.0 Å². The lowest BCUT2D eigenvalue weighted by atomic mass is 9.95. The van der Waals surface area contributed by atoms with Gasteiger partial charge in [0.15, 0.2) is 0 Å². The van der Waals surface area contributed by atoms with Crippen LogP contribution in [0.15, 0.2) is 42.5 Å². The van der Waals surface area contributed by atoms with Gasteiger partial charge in [0.25, 0.3) is 0 Å². The van der Waals surface area contributed by atoms with Gasteiger partial charge in [0.1, 0.15) is 0 Å². The van der Waals surface area contributed by atoms with Gasteiger partial charge >= 0.3 is 0 Å². The summed E-state index contributed by atoms with van der Waals surface area (Å²) < 4.78 is 0. The van der Waals surface area contributed by atoms with Crippen molar-refractivity contribution < 1.29 is 0 Å². The number of hydrogen-bond donors (Lipinski definition) is 1. The Morgan fingerprint density at radius 2 is 1.43 bits per heavy atom. The highest BCUT2D eigenvalue weighted by molar-refractivity contribution is 5.65. The number of hydrogen-bond acceptors (Lipinski definition) is 1. The fourth-order valence-electron chi connectivity index (χ4n) is 2.87. The lowest BCUT2D eigenvalue weighted by Gasteiger charge is -2.14. The van der Waals surface area contributed by atoms with Crippen LogP contribution in [0.4, 0.5) is 0 Å². The van der Waals surface area contributed by atoms with Crippen LogP contribution in [0.1, 0.15) is 50.4 Å². The van der Waals surface area contributed by atoms with Gasteiger partial charge in [-0.1, -0.05) is 63.2 Å². The standard InChI is InChI=1S/C20H27N/c1-5-16-8-13-20(14-17(16)6-2)19-11-9-18(10-12-19)15(4)21-7-3/h8-15,21H,5-7H2,1-4H3. The summed E-state index contributed by atoms with van der Waals surface area (Å²) in [7, 11) is 0. The van der Waals surface area contributed by atoms with Crippen LogP contribution in [0.5, 0.6) is 0 Å². The fraction of sp³-hybridized carbons (Fsp3) is 0.400. The van der Waals surface area contributed by atoms with Crippen LogP contribution in [0.25, 0.3) is 11.1 Å². The third kappa shape index (κ3) is 3.74. The van der Waals surface area contributed by atoms with Gasteiger partial charge in [-0.15, -0.1) is 0 Å². The second-order valence-electron chi connectivity index (χ2n) is 5.59. The quantitative estimate of drug-likeness (QED) is 0.772. The van der Waals surface area contributed by atoms with Gasteiger partial charge in [0, 0.05) is 6.04 Å². The maximum absolute atomic E-state index is 3.45. The molecule has 21 heavy (non-hydrogen) atoms. The number of rotatable bonds is 6. The van der Waals surface area contributed by atoms with Crippen LogP contribution in [0.3, 0.4) is 0 Å². The summed E-state index contributed by atoms with van der Waals surface area (Å²) in [6.07, 6.45) is 2.22. The van der Waals surface area contributed by atoms with Gasteiger partial charge in [0.05, 0.1) is 0 Å². The van der Waals surface area contributed by atoms with Crippen LogP contribution in [0.2, 0.25) is 0 Å². The second kappa shape index (κ2) is 7.42. The zero-order valence-corrected chi connectivity index (χ0v) is 13.7. The molecular weight excluding hydrogens is 254 g/mol. The Labute approximate surface area is 129 Å². The molecule has 0 aromatic heterocycles. The molecule has 112 valence electrons. The van der Waals surface area contributed by atoms with E-state index in [1.54, 1.807) is 0 Å². The van der Waals surface area contributed by atoms with E-state index in [-0.39, 0.29) is 0 Å². The predicted octanol–water partition coefficient (Wildman–Crippen LogP) is 5.15. The summed E-state index contributed by atoms with van der Waals surface area (Å²) in [5, 5.41) is 3.45. The molecule has 0 radical (unpaired) electrons. The molecular formula is C20H27N. The Morgan fingerprint density at radius 3 is 2.00 bits per heavy atom. The maximum atomic E-state index is 3.45. The Kier molecular flexibility index (Phi) is 5.58. The Balaban J connectivity index is 2.26. The van der Waals surface area contributed by atoms with E-state index < -0.39 is 0 Å². The second-order valence-corrected chi connectivity index (χ2v) is 5.59. The van der Waals surface area contributed by atoms with E-state index in [0.29, 0.717) is 6.04 Å². The van der Waals surface area contributed by atoms with Crippen molar-refractivity contribution in [1.29, 1.82) is 0 Å². The van der Waals surface area contributed by atoms with Gasteiger partial charge in [-0.25, -0.2) is 0 Å². The van der Waals surface area contributed by atoms with Gasteiger partial charge in [-0.05, 0) is 54.1 Å². The van der Waals surface area contributed by atoms with Crippen LogP contribution in [0, 0.1) is 0 Å². The maximum Gasteiger partial charge on any atom is 0.0291 e.